The van der Waals surface area contributed by atoms with Crippen LogP contribution in [-0.2, 0) is 0 Å². The zero-order chi connectivity index (χ0) is 9.41. The van der Waals surface area contributed by atoms with Crippen LogP contribution in [-0.4, -0.2) is 10.1 Å². The predicted molar refractivity (Wildman–Crippen MR) is 43.9 cm³/mol. The summed E-state index contributed by atoms with van der Waals surface area (Å²) in [6.07, 6.45) is -1.42. The highest BCUT2D eigenvalue weighted by molar-refractivity contribution is 9.10. The van der Waals surface area contributed by atoms with E-state index in [2.05, 4.69) is 21.2 Å². The van der Waals surface area contributed by atoms with Gasteiger partial charge in [0, 0.05) is 6.20 Å². The lowest BCUT2D eigenvalue weighted by Gasteiger charge is -2.21. The molecule has 0 spiro atoms. The minimum absolute atomic E-state index is 0.752. The first-order valence-electron chi connectivity index (χ1n) is 2.93. The first-order valence-corrected chi connectivity index (χ1v) is 4.10. The van der Waals surface area contributed by atoms with Gasteiger partial charge >= 0.3 is 6.18 Å². The van der Waals surface area contributed by atoms with Crippen molar-refractivity contribution in [1.29, 1.82) is 0 Å². The fourth-order valence-corrected chi connectivity index (χ4v) is 1.01. The van der Waals surface area contributed by atoms with Gasteiger partial charge in [0.15, 0.2) is 3.91 Å². The number of halogens is 5. The minimum Gasteiger partial charge on any atom is -0.360 e. The van der Waals surface area contributed by atoms with Crippen molar-refractivity contribution < 1.29 is 13.2 Å². The Labute approximate surface area is 80.4 Å². The molecule has 0 aromatic carbocycles. The van der Waals surface area contributed by atoms with Crippen LogP contribution in [0, 0.1) is 0 Å². The molecule has 0 saturated carbocycles. The molecule has 12 heavy (non-hydrogen) atoms. The van der Waals surface area contributed by atoms with Crippen molar-refractivity contribution in [2.45, 2.75) is 10.1 Å². The molecule has 1 heterocycles. The number of allylic oxidation sites excluding steroid dienone is 2. The summed E-state index contributed by atoms with van der Waals surface area (Å²) in [5, 5.41) is 2.33. The van der Waals surface area contributed by atoms with Gasteiger partial charge in [-0.25, -0.2) is 0 Å². The highest BCUT2D eigenvalue weighted by atomic mass is 79.9. The lowest BCUT2D eigenvalue weighted by Crippen LogP contribution is -2.31. The Morgan fingerprint density at radius 1 is 1.50 bits per heavy atom. The number of nitrogens with one attached hydrogen (secondary N) is 1. The van der Waals surface area contributed by atoms with Crippen LogP contribution < -0.4 is 5.32 Å². The van der Waals surface area contributed by atoms with Gasteiger partial charge in [0.1, 0.15) is 0 Å². The van der Waals surface area contributed by atoms with E-state index >= 15 is 0 Å². The van der Waals surface area contributed by atoms with Crippen LogP contribution in [0.3, 0.4) is 0 Å². The summed E-state index contributed by atoms with van der Waals surface area (Å²) in [6, 6.07) is 0. The van der Waals surface area contributed by atoms with Gasteiger partial charge in [-0.1, -0.05) is 11.6 Å². The molecular weight excluding hydrogens is 258 g/mol. The van der Waals surface area contributed by atoms with Crippen LogP contribution in [0.4, 0.5) is 13.2 Å². The molecule has 0 amide bonds. The maximum atomic E-state index is 12.0. The van der Waals surface area contributed by atoms with Crippen LogP contribution in [0.15, 0.2) is 23.9 Å². The van der Waals surface area contributed by atoms with E-state index in [0.29, 0.717) is 0 Å². The van der Waals surface area contributed by atoms with Gasteiger partial charge < -0.3 is 5.32 Å². The maximum absolute atomic E-state index is 12.0. The van der Waals surface area contributed by atoms with Crippen molar-refractivity contribution in [3.8, 4) is 0 Å². The zero-order valence-corrected chi connectivity index (χ0v) is 7.96. The molecule has 6 heteroatoms. The van der Waals surface area contributed by atoms with E-state index in [1.807, 2.05) is 0 Å². The van der Waals surface area contributed by atoms with E-state index in [1.54, 1.807) is 0 Å². The molecule has 0 aromatic rings. The Morgan fingerprint density at radius 2 is 2.08 bits per heavy atom. The molecule has 1 N–H and O–H groups in total. The first-order chi connectivity index (χ1) is 5.31. The zero-order valence-electron chi connectivity index (χ0n) is 5.62. The summed E-state index contributed by atoms with van der Waals surface area (Å²) in [5.41, 5.74) is -0.752. The van der Waals surface area contributed by atoms with Crippen LogP contribution in [0.2, 0.25) is 0 Å². The van der Waals surface area contributed by atoms with E-state index < -0.39 is 15.7 Å². The lowest BCUT2D eigenvalue weighted by molar-refractivity contribution is -0.0887. The molecule has 0 bridgehead atoms. The molecule has 0 aliphatic carbocycles. The van der Waals surface area contributed by atoms with Crippen molar-refractivity contribution in [3.05, 3.63) is 23.9 Å². The van der Waals surface area contributed by atoms with E-state index in [4.69, 9.17) is 11.6 Å². The summed E-state index contributed by atoms with van der Waals surface area (Å²) in [4.78, 5) is 0. The van der Waals surface area contributed by atoms with Gasteiger partial charge in [-0.05, 0) is 28.1 Å². The number of hydrogen-bond acceptors (Lipinski definition) is 1. The average molecular weight is 262 g/mol. The van der Waals surface area contributed by atoms with Gasteiger partial charge in [-0.3, -0.25) is 0 Å². The van der Waals surface area contributed by atoms with Crippen molar-refractivity contribution in [2.24, 2.45) is 0 Å². The quantitative estimate of drug-likeness (QED) is 0.523. The second-order valence-electron chi connectivity index (χ2n) is 2.20. The molecule has 1 unspecified atom stereocenters. The topological polar surface area (TPSA) is 12.0 Å². The number of rotatable bonds is 0. The van der Waals surface area contributed by atoms with Gasteiger partial charge in [0.25, 0.3) is 0 Å². The summed E-state index contributed by atoms with van der Waals surface area (Å²) >= 11 is 8.54. The molecule has 1 atom stereocenters. The molecule has 1 aliphatic heterocycles. The molecular formula is C6H4BrClF3N. The highest BCUT2D eigenvalue weighted by Crippen LogP contribution is 2.32. The van der Waals surface area contributed by atoms with Gasteiger partial charge in [0.05, 0.1) is 5.57 Å². The standard InChI is InChI=1S/C6H4BrClF3N/c7-5(8)2-1-4(3-12-5)6(9,10)11/h1-3,12H. The fraction of sp³-hybridized carbons (Fsp3) is 0.333. The molecule has 0 radical (unpaired) electrons. The third kappa shape index (κ3) is 2.42. The SMILES string of the molecule is FC(F)(F)C1=CNC(Cl)(Br)C=C1. The lowest BCUT2D eigenvalue weighted by atomic mass is 10.2. The van der Waals surface area contributed by atoms with Crippen molar-refractivity contribution in [2.75, 3.05) is 0 Å². The number of alkyl halides is 5. The normalized spacial score (nSPS) is 29.6. The first kappa shape index (κ1) is 9.92. The van der Waals surface area contributed by atoms with Crippen LogP contribution in [0.1, 0.15) is 0 Å². The summed E-state index contributed by atoms with van der Waals surface area (Å²) in [5.74, 6) is 0. The van der Waals surface area contributed by atoms with E-state index in [-0.39, 0.29) is 0 Å². The largest absolute Gasteiger partial charge is 0.417 e. The second-order valence-corrected chi connectivity index (χ2v) is 4.50. The van der Waals surface area contributed by atoms with Crippen LogP contribution in [0.5, 0.6) is 0 Å². The smallest absolute Gasteiger partial charge is 0.360 e. The Hall–Kier alpha value is -0.160. The molecule has 0 saturated heterocycles. The second kappa shape index (κ2) is 2.96. The minimum atomic E-state index is -4.33. The van der Waals surface area contributed by atoms with Crippen LogP contribution in [0.25, 0.3) is 0 Å². The third-order valence-electron chi connectivity index (χ3n) is 1.22. The monoisotopic (exact) mass is 261 g/mol. The van der Waals surface area contributed by atoms with Gasteiger partial charge in [-0.2, -0.15) is 13.2 Å². The number of hydrogen-bond donors (Lipinski definition) is 1. The van der Waals surface area contributed by atoms with Crippen molar-refractivity contribution >= 4 is 27.5 Å². The molecule has 0 fully saturated rings. The maximum Gasteiger partial charge on any atom is 0.417 e. The summed E-state index contributed by atoms with van der Waals surface area (Å²) in [6.45, 7) is 0. The molecule has 0 aromatic heterocycles. The van der Waals surface area contributed by atoms with E-state index in [0.717, 1.165) is 12.3 Å². The Balaban J connectivity index is 2.78. The molecule has 1 aliphatic rings. The third-order valence-corrected chi connectivity index (χ3v) is 1.95. The van der Waals surface area contributed by atoms with Crippen molar-refractivity contribution in [1.82, 2.24) is 5.32 Å². The Morgan fingerprint density at radius 3 is 2.42 bits per heavy atom. The van der Waals surface area contributed by atoms with E-state index in [9.17, 15) is 13.2 Å². The van der Waals surface area contributed by atoms with E-state index in [1.165, 1.54) is 6.08 Å². The molecule has 68 valence electrons. The van der Waals surface area contributed by atoms with Crippen molar-refractivity contribution in [3.63, 3.8) is 0 Å². The van der Waals surface area contributed by atoms with Gasteiger partial charge in [-0.15, -0.1) is 0 Å². The predicted octanol–water partition coefficient (Wildman–Crippen LogP) is 2.88. The Bertz CT molecular complexity index is 244. The summed E-state index contributed by atoms with van der Waals surface area (Å²) < 4.78 is 34.8. The Kier molecular flexibility index (Phi) is 2.45. The fourth-order valence-electron chi connectivity index (χ4n) is 0.641. The van der Waals surface area contributed by atoms with Crippen LogP contribution >= 0.6 is 27.5 Å². The summed E-state index contributed by atoms with van der Waals surface area (Å²) in [7, 11) is 0. The average Bonchev–Trinajstić information content (AvgIpc) is 1.83. The molecule has 1 nitrogen and oxygen atoms in total. The molecule has 1 rings (SSSR count). The van der Waals surface area contributed by atoms with Gasteiger partial charge in [0.2, 0.25) is 0 Å². The number of dihydropyridines is 1. The highest BCUT2D eigenvalue weighted by Gasteiger charge is 2.35.